The Labute approximate surface area is 134 Å². The topological polar surface area (TPSA) is 66.8 Å². The molecule has 1 fully saturated rings. The highest BCUT2D eigenvalue weighted by atomic mass is 35.5. The van der Waals surface area contributed by atoms with Crippen LogP contribution in [0.5, 0.6) is 0 Å². The lowest BCUT2D eigenvalue weighted by molar-refractivity contribution is -0.149. The lowest BCUT2D eigenvalue weighted by atomic mass is 9.94. The van der Waals surface area contributed by atoms with Crippen molar-refractivity contribution in [2.24, 2.45) is 5.92 Å². The van der Waals surface area contributed by atoms with Crippen LogP contribution in [-0.4, -0.2) is 41.1 Å². The number of aliphatic carboxylic acids is 1. The molecule has 120 valence electrons. The first-order valence-electron chi connectivity index (χ1n) is 7.32. The van der Waals surface area contributed by atoms with Gasteiger partial charge in [0.05, 0.1) is 6.10 Å². The summed E-state index contributed by atoms with van der Waals surface area (Å²) in [5.74, 6) is -1.30. The van der Waals surface area contributed by atoms with E-state index < -0.39 is 5.97 Å². The zero-order valence-corrected chi connectivity index (χ0v) is 13.3. The monoisotopic (exact) mass is 325 g/mol. The van der Waals surface area contributed by atoms with Crippen molar-refractivity contribution in [3.63, 3.8) is 0 Å². The molecule has 1 aliphatic heterocycles. The Kier molecular flexibility index (Phi) is 5.80. The van der Waals surface area contributed by atoms with E-state index in [1.54, 1.807) is 24.3 Å². The van der Waals surface area contributed by atoms with Crippen LogP contribution in [0.25, 0.3) is 0 Å². The second kappa shape index (κ2) is 7.61. The fourth-order valence-corrected chi connectivity index (χ4v) is 2.79. The molecule has 1 aromatic rings. The molecule has 0 saturated carbocycles. The summed E-state index contributed by atoms with van der Waals surface area (Å²) in [4.78, 5) is 25.1. The molecule has 2 unspecified atom stereocenters. The third kappa shape index (κ3) is 4.71. The van der Waals surface area contributed by atoms with Gasteiger partial charge in [0, 0.05) is 24.1 Å². The molecule has 0 aliphatic carbocycles. The van der Waals surface area contributed by atoms with Gasteiger partial charge in [0.2, 0.25) is 5.91 Å². The summed E-state index contributed by atoms with van der Waals surface area (Å²) in [6.07, 6.45) is 1.31. The Bertz CT molecular complexity index is 531. The fraction of sp³-hybridized carbons (Fsp3) is 0.500. The maximum absolute atomic E-state index is 12.6. The normalized spacial score (nSPS) is 21.4. The molecule has 0 bridgehead atoms. The first-order valence-corrected chi connectivity index (χ1v) is 7.70. The van der Waals surface area contributed by atoms with Crippen molar-refractivity contribution in [1.82, 2.24) is 4.90 Å². The predicted molar refractivity (Wildman–Crippen MR) is 82.6 cm³/mol. The average Bonchev–Trinajstić information content (AvgIpc) is 2.47. The number of hydrogen-bond acceptors (Lipinski definition) is 3. The average molecular weight is 326 g/mol. The van der Waals surface area contributed by atoms with Gasteiger partial charge >= 0.3 is 5.97 Å². The third-order valence-corrected chi connectivity index (χ3v) is 4.01. The molecule has 1 aromatic carbocycles. The van der Waals surface area contributed by atoms with Crippen LogP contribution in [0.1, 0.15) is 25.3 Å². The van der Waals surface area contributed by atoms with Crippen molar-refractivity contribution in [3.05, 3.63) is 34.9 Å². The van der Waals surface area contributed by atoms with Crippen LogP contribution in [0.15, 0.2) is 24.3 Å². The van der Waals surface area contributed by atoms with Crippen LogP contribution in [0.3, 0.4) is 0 Å². The van der Waals surface area contributed by atoms with Crippen molar-refractivity contribution in [3.8, 4) is 0 Å². The molecular weight excluding hydrogens is 306 g/mol. The van der Waals surface area contributed by atoms with Crippen LogP contribution in [0.2, 0.25) is 5.02 Å². The highest BCUT2D eigenvalue weighted by Gasteiger charge is 2.30. The fourth-order valence-electron chi connectivity index (χ4n) is 2.67. The standard InChI is InChI=1S/C16H20ClNO4/c1-11-8-13(6-7-22-11)16(21)18(10-15(19)20)9-12-2-4-14(17)5-3-12/h2-5,11,13H,6-10H2,1H3,(H,19,20). The van der Waals surface area contributed by atoms with Gasteiger partial charge in [0.25, 0.3) is 0 Å². The van der Waals surface area contributed by atoms with Gasteiger partial charge in [-0.25, -0.2) is 0 Å². The Hall–Kier alpha value is -1.59. The summed E-state index contributed by atoms with van der Waals surface area (Å²) in [7, 11) is 0. The van der Waals surface area contributed by atoms with Crippen LogP contribution < -0.4 is 0 Å². The Morgan fingerprint density at radius 2 is 2.05 bits per heavy atom. The minimum absolute atomic E-state index is 0.0323. The number of carbonyl (C=O) groups excluding carboxylic acids is 1. The van der Waals surface area contributed by atoms with Crippen LogP contribution in [0, 0.1) is 5.92 Å². The number of hydrogen-bond donors (Lipinski definition) is 1. The van der Waals surface area contributed by atoms with Gasteiger partial charge < -0.3 is 14.7 Å². The van der Waals surface area contributed by atoms with E-state index in [0.29, 0.717) is 24.5 Å². The largest absolute Gasteiger partial charge is 0.480 e. The Balaban J connectivity index is 2.09. The number of carbonyl (C=O) groups is 2. The zero-order chi connectivity index (χ0) is 16.1. The molecule has 5 nitrogen and oxygen atoms in total. The highest BCUT2D eigenvalue weighted by Crippen LogP contribution is 2.23. The second-order valence-corrected chi connectivity index (χ2v) is 6.05. The summed E-state index contributed by atoms with van der Waals surface area (Å²) >= 11 is 5.84. The first-order chi connectivity index (χ1) is 10.5. The van der Waals surface area contributed by atoms with Crippen LogP contribution in [-0.2, 0) is 20.9 Å². The molecule has 1 saturated heterocycles. The highest BCUT2D eigenvalue weighted by molar-refractivity contribution is 6.30. The minimum Gasteiger partial charge on any atom is -0.480 e. The van der Waals surface area contributed by atoms with E-state index in [0.717, 1.165) is 5.56 Å². The van der Waals surface area contributed by atoms with Gasteiger partial charge in [-0.2, -0.15) is 0 Å². The van der Waals surface area contributed by atoms with E-state index in [-0.39, 0.29) is 31.0 Å². The number of rotatable bonds is 5. The number of carboxylic acid groups (broad SMARTS) is 1. The molecule has 0 radical (unpaired) electrons. The number of amides is 1. The predicted octanol–water partition coefficient (Wildman–Crippen LogP) is 2.57. The first kappa shape index (κ1) is 16.8. The molecule has 6 heteroatoms. The van der Waals surface area contributed by atoms with E-state index in [2.05, 4.69) is 0 Å². The zero-order valence-electron chi connectivity index (χ0n) is 12.5. The number of nitrogens with zero attached hydrogens (tertiary/aromatic N) is 1. The molecule has 1 amide bonds. The number of halogens is 1. The molecular formula is C16H20ClNO4. The maximum atomic E-state index is 12.6. The maximum Gasteiger partial charge on any atom is 0.323 e. The molecule has 2 atom stereocenters. The quantitative estimate of drug-likeness (QED) is 0.903. The minimum atomic E-state index is -1.01. The van der Waals surface area contributed by atoms with Gasteiger partial charge in [0.1, 0.15) is 6.54 Å². The molecule has 1 aliphatic rings. The third-order valence-electron chi connectivity index (χ3n) is 3.76. The molecule has 0 aromatic heterocycles. The van der Waals surface area contributed by atoms with Gasteiger partial charge in [-0.1, -0.05) is 23.7 Å². The summed E-state index contributed by atoms with van der Waals surface area (Å²) < 4.78 is 5.45. The van der Waals surface area contributed by atoms with E-state index >= 15 is 0 Å². The number of carboxylic acids is 1. The van der Waals surface area contributed by atoms with E-state index in [1.165, 1.54) is 4.90 Å². The lowest BCUT2D eigenvalue weighted by Gasteiger charge is -2.31. The van der Waals surface area contributed by atoms with Gasteiger partial charge in [-0.05, 0) is 37.5 Å². The van der Waals surface area contributed by atoms with Crippen molar-refractivity contribution in [2.75, 3.05) is 13.2 Å². The molecule has 1 N–H and O–H groups in total. The van der Waals surface area contributed by atoms with Crippen molar-refractivity contribution < 1.29 is 19.4 Å². The number of ether oxygens (including phenoxy) is 1. The Morgan fingerprint density at radius 3 is 2.64 bits per heavy atom. The summed E-state index contributed by atoms with van der Waals surface area (Å²) in [6.45, 7) is 2.45. The smallest absolute Gasteiger partial charge is 0.323 e. The van der Waals surface area contributed by atoms with Gasteiger partial charge in [-0.15, -0.1) is 0 Å². The summed E-state index contributed by atoms with van der Waals surface area (Å²) in [6, 6.07) is 7.07. The summed E-state index contributed by atoms with van der Waals surface area (Å²) in [5.41, 5.74) is 0.860. The SMILES string of the molecule is CC1CC(C(=O)N(CC(=O)O)Cc2ccc(Cl)cc2)CCO1. The number of benzene rings is 1. The van der Waals surface area contributed by atoms with E-state index in [4.69, 9.17) is 21.4 Å². The molecule has 1 heterocycles. The van der Waals surface area contributed by atoms with Gasteiger partial charge in [0.15, 0.2) is 0 Å². The van der Waals surface area contributed by atoms with Crippen LogP contribution >= 0.6 is 11.6 Å². The van der Waals surface area contributed by atoms with E-state index in [1.807, 2.05) is 6.92 Å². The molecule has 2 rings (SSSR count). The van der Waals surface area contributed by atoms with Crippen molar-refractivity contribution in [1.29, 1.82) is 0 Å². The van der Waals surface area contributed by atoms with E-state index in [9.17, 15) is 9.59 Å². The molecule has 0 spiro atoms. The van der Waals surface area contributed by atoms with Crippen molar-refractivity contribution in [2.45, 2.75) is 32.4 Å². The summed E-state index contributed by atoms with van der Waals surface area (Å²) in [5, 5.41) is 9.67. The van der Waals surface area contributed by atoms with Crippen molar-refractivity contribution >= 4 is 23.5 Å². The van der Waals surface area contributed by atoms with Gasteiger partial charge in [-0.3, -0.25) is 9.59 Å². The van der Waals surface area contributed by atoms with Crippen LogP contribution in [0.4, 0.5) is 0 Å². The second-order valence-electron chi connectivity index (χ2n) is 5.62. The Morgan fingerprint density at radius 1 is 1.36 bits per heavy atom. The molecule has 22 heavy (non-hydrogen) atoms. The lowest BCUT2D eigenvalue weighted by Crippen LogP contribution is -2.42.